The summed E-state index contributed by atoms with van der Waals surface area (Å²) < 4.78 is 1.03. The molecule has 0 saturated heterocycles. The van der Waals surface area contributed by atoms with Crippen LogP contribution in [0.3, 0.4) is 0 Å². The Morgan fingerprint density at radius 3 is 2.79 bits per heavy atom. The van der Waals surface area contributed by atoms with E-state index in [0.29, 0.717) is 0 Å². The van der Waals surface area contributed by atoms with Crippen molar-refractivity contribution in [2.24, 2.45) is 5.73 Å². The number of nitrogens with zero attached hydrogens (tertiary/aromatic N) is 1. The number of aromatic nitrogens is 1. The number of thiazole rings is 1. The summed E-state index contributed by atoms with van der Waals surface area (Å²) in [5.74, 6) is 0. The summed E-state index contributed by atoms with van der Waals surface area (Å²) in [5, 5.41) is 2.88. The standard InChI is InChI=1S/C10H9BrN2S/c11-8-4-2-1-3-7(8)9(12)10-13-5-6-14-10/h1-6,9H,12H2. The lowest BCUT2D eigenvalue weighted by atomic mass is 10.1. The lowest BCUT2D eigenvalue weighted by molar-refractivity contribution is 0.852. The number of benzene rings is 1. The maximum atomic E-state index is 6.08. The van der Waals surface area contributed by atoms with Crippen molar-refractivity contribution in [1.82, 2.24) is 4.98 Å². The Morgan fingerprint density at radius 1 is 1.36 bits per heavy atom. The van der Waals surface area contributed by atoms with Gasteiger partial charge >= 0.3 is 0 Å². The Balaban J connectivity index is 2.37. The van der Waals surface area contributed by atoms with Crippen LogP contribution in [-0.4, -0.2) is 4.98 Å². The Kier molecular flexibility index (Phi) is 2.96. The zero-order valence-corrected chi connectivity index (χ0v) is 9.75. The van der Waals surface area contributed by atoms with Gasteiger partial charge in [0.2, 0.25) is 0 Å². The van der Waals surface area contributed by atoms with Gasteiger partial charge in [0, 0.05) is 16.0 Å². The quantitative estimate of drug-likeness (QED) is 0.910. The molecule has 1 aromatic carbocycles. The molecule has 1 heterocycles. The van der Waals surface area contributed by atoms with E-state index in [2.05, 4.69) is 20.9 Å². The first kappa shape index (κ1) is 9.83. The van der Waals surface area contributed by atoms with Crippen molar-refractivity contribution in [3.05, 3.63) is 50.9 Å². The van der Waals surface area contributed by atoms with Crippen LogP contribution in [0.4, 0.5) is 0 Å². The molecule has 1 atom stereocenters. The van der Waals surface area contributed by atoms with Gasteiger partial charge in [-0.1, -0.05) is 34.1 Å². The summed E-state index contributed by atoms with van der Waals surface area (Å²) in [6, 6.07) is 7.82. The average molecular weight is 269 g/mol. The predicted octanol–water partition coefficient (Wildman–Crippen LogP) is 2.95. The third kappa shape index (κ3) is 1.87. The van der Waals surface area contributed by atoms with Crippen molar-refractivity contribution in [3.8, 4) is 0 Å². The zero-order valence-electron chi connectivity index (χ0n) is 7.35. The monoisotopic (exact) mass is 268 g/mol. The second kappa shape index (κ2) is 4.21. The molecule has 0 saturated carbocycles. The van der Waals surface area contributed by atoms with Crippen molar-refractivity contribution >= 4 is 27.3 Å². The van der Waals surface area contributed by atoms with Crippen molar-refractivity contribution in [2.75, 3.05) is 0 Å². The molecule has 0 bridgehead atoms. The summed E-state index contributed by atoms with van der Waals surface area (Å²) in [6.45, 7) is 0. The zero-order chi connectivity index (χ0) is 9.97. The summed E-state index contributed by atoms with van der Waals surface area (Å²) in [6.07, 6.45) is 1.77. The fourth-order valence-electron chi connectivity index (χ4n) is 1.25. The third-order valence-electron chi connectivity index (χ3n) is 1.96. The van der Waals surface area contributed by atoms with E-state index in [0.717, 1.165) is 15.0 Å². The molecule has 2 nitrogen and oxygen atoms in total. The van der Waals surface area contributed by atoms with Crippen LogP contribution in [0.2, 0.25) is 0 Å². The van der Waals surface area contributed by atoms with Gasteiger partial charge in [-0.2, -0.15) is 0 Å². The molecular formula is C10H9BrN2S. The molecule has 4 heteroatoms. The molecule has 14 heavy (non-hydrogen) atoms. The molecule has 2 aromatic rings. The molecule has 72 valence electrons. The Bertz CT molecular complexity index is 414. The summed E-state index contributed by atoms with van der Waals surface area (Å²) in [7, 11) is 0. The van der Waals surface area contributed by atoms with Crippen molar-refractivity contribution in [1.29, 1.82) is 0 Å². The minimum Gasteiger partial charge on any atom is -0.318 e. The highest BCUT2D eigenvalue weighted by molar-refractivity contribution is 9.10. The van der Waals surface area contributed by atoms with Crippen LogP contribution in [0, 0.1) is 0 Å². The Hall–Kier alpha value is -0.710. The molecule has 2 N–H and O–H groups in total. The molecule has 2 rings (SSSR count). The van der Waals surface area contributed by atoms with Gasteiger partial charge in [0.1, 0.15) is 5.01 Å². The van der Waals surface area contributed by atoms with Gasteiger partial charge < -0.3 is 5.73 Å². The van der Waals surface area contributed by atoms with Crippen molar-refractivity contribution in [3.63, 3.8) is 0 Å². The van der Waals surface area contributed by atoms with Gasteiger partial charge in [0.25, 0.3) is 0 Å². The predicted molar refractivity (Wildman–Crippen MR) is 62.3 cm³/mol. The molecule has 0 aliphatic carbocycles. The van der Waals surface area contributed by atoms with Crippen LogP contribution >= 0.6 is 27.3 Å². The molecule has 0 radical (unpaired) electrons. The fourth-order valence-corrected chi connectivity index (χ4v) is 2.44. The maximum absolute atomic E-state index is 6.08. The first-order chi connectivity index (χ1) is 6.79. The van der Waals surface area contributed by atoms with E-state index in [9.17, 15) is 0 Å². The normalized spacial score (nSPS) is 12.7. The molecule has 1 unspecified atom stereocenters. The topological polar surface area (TPSA) is 38.9 Å². The SMILES string of the molecule is NC(c1nccs1)c1ccccc1Br. The highest BCUT2D eigenvalue weighted by atomic mass is 79.9. The first-order valence-corrected chi connectivity index (χ1v) is 5.85. The largest absolute Gasteiger partial charge is 0.318 e. The van der Waals surface area contributed by atoms with E-state index in [1.165, 1.54) is 0 Å². The second-order valence-electron chi connectivity index (χ2n) is 2.87. The number of hydrogen-bond acceptors (Lipinski definition) is 3. The minimum absolute atomic E-state index is 0.134. The van der Waals surface area contributed by atoms with Gasteiger partial charge in [-0.15, -0.1) is 11.3 Å². The molecular weight excluding hydrogens is 260 g/mol. The molecule has 0 fully saturated rings. The molecule has 1 aromatic heterocycles. The molecule has 0 amide bonds. The van der Waals surface area contributed by atoms with Gasteiger partial charge in [-0.05, 0) is 11.6 Å². The van der Waals surface area contributed by atoms with E-state index in [-0.39, 0.29) is 6.04 Å². The van der Waals surface area contributed by atoms with E-state index in [1.54, 1.807) is 17.5 Å². The summed E-state index contributed by atoms with van der Waals surface area (Å²) >= 11 is 5.06. The van der Waals surface area contributed by atoms with Crippen LogP contribution in [0.1, 0.15) is 16.6 Å². The van der Waals surface area contributed by atoms with Crippen LogP contribution in [-0.2, 0) is 0 Å². The van der Waals surface area contributed by atoms with Crippen LogP contribution in [0.5, 0.6) is 0 Å². The van der Waals surface area contributed by atoms with Gasteiger partial charge in [-0.3, -0.25) is 0 Å². The Labute approximate surface area is 94.9 Å². The number of nitrogens with two attached hydrogens (primary N) is 1. The lowest BCUT2D eigenvalue weighted by Crippen LogP contribution is -2.11. The van der Waals surface area contributed by atoms with Crippen LogP contribution < -0.4 is 5.73 Å². The second-order valence-corrected chi connectivity index (χ2v) is 4.65. The van der Waals surface area contributed by atoms with Crippen molar-refractivity contribution in [2.45, 2.75) is 6.04 Å². The number of rotatable bonds is 2. The number of halogens is 1. The number of hydrogen-bond donors (Lipinski definition) is 1. The average Bonchev–Trinajstić information content (AvgIpc) is 2.70. The fraction of sp³-hybridized carbons (Fsp3) is 0.100. The lowest BCUT2D eigenvalue weighted by Gasteiger charge is -2.10. The van der Waals surface area contributed by atoms with E-state index in [4.69, 9.17) is 5.73 Å². The van der Waals surface area contributed by atoms with Crippen molar-refractivity contribution < 1.29 is 0 Å². The molecule has 0 aliphatic rings. The van der Waals surface area contributed by atoms with Crippen LogP contribution in [0.25, 0.3) is 0 Å². The highest BCUT2D eigenvalue weighted by Gasteiger charge is 2.13. The minimum atomic E-state index is -0.134. The molecule has 0 spiro atoms. The van der Waals surface area contributed by atoms with Gasteiger partial charge in [-0.25, -0.2) is 4.98 Å². The van der Waals surface area contributed by atoms with E-state index < -0.39 is 0 Å². The summed E-state index contributed by atoms with van der Waals surface area (Å²) in [5.41, 5.74) is 7.15. The van der Waals surface area contributed by atoms with Gasteiger partial charge in [0.05, 0.1) is 6.04 Å². The third-order valence-corrected chi connectivity index (χ3v) is 3.54. The van der Waals surface area contributed by atoms with E-state index >= 15 is 0 Å². The highest BCUT2D eigenvalue weighted by Crippen LogP contribution is 2.27. The van der Waals surface area contributed by atoms with E-state index in [1.807, 2.05) is 29.6 Å². The first-order valence-electron chi connectivity index (χ1n) is 4.18. The smallest absolute Gasteiger partial charge is 0.114 e. The maximum Gasteiger partial charge on any atom is 0.114 e. The Morgan fingerprint density at radius 2 is 2.14 bits per heavy atom. The molecule has 0 aliphatic heterocycles. The van der Waals surface area contributed by atoms with Gasteiger partial charge in [0.15, 0.2) is 0 Å². The van der Waals surface area contributed by atoms with Crippen LogP contribution in [0.15, 0.2) is 40.3 Å². The summed E-state index contributed by atoms with van der Waals surface area (Å²) in [4.78, 5) is 4.21.